The Morgan fingerprint density at radius 2 is 2.00 bits per heavy atom. The number of aromatic nitrogens is 2. The number of rotatable bonds is 7. The van der Waals surface area contributed by atoms with E-state index in [0.717, 1.165) is 49.1 Å². The van der Waals surface area contributed by atoms with E-state index in [4.69, 9.17) is 4.74 Å². The lowest BCUT2D eigenvalue weighted by Gasteiger charge is -2.13. The summed E-state index contributed by atoms with van der Waals surface area (Å²) in [4.78, 5) is 9.21. The molecule has 1 heterocycles. The molecule has 1 aromatic heterocycles. The quantitative estimate of drug-likeness (QED) is 0.805. The van der Waals surface area contributed by atoms with Crippen molar-refractivity contribution in [3.63, 3.8) is 0 Å². The molecule has 1 aliphatic rings. The van der Waals surface area contributed by atoms with Gasteiger partial charge in [0, 0.05) is 12.5 Å². The van der Waals surface area contributed by atoms with Crippen molar-refractivity contribution in [3.8, 4) is 5.88 Å². The highest BCUT2D eigenvalue weighted by molar-refractivity contribution is 5.49. The number of hydrogen-bond acceptors (Lipinski definition) is 4. The molecule has 0 amide bonds. The van der Waals surface area contributed by atoms with Crippen LogP contribution in [0.15, 0.2) is 0 Å². The third-order valence-corrected chi connectivity index (χ3v) is 3.05. The summed E-state index contributed by atoms with van der Waals surface area (Å²) in [5.74, 6) is 3.20. The normalized spacial score (nSPS) is 14.6. The fourth-order valence-electron chi connectivity index (χ4n) is 1.79. The lowest BCUT2D eigenvalue weighted by Crippen LogP contribution is -2.10. The van der Waals surface area contributed by atoms with E-state index in [9.17, 15) is 0 Å². The summed E-state index contributed by atoms with van der Waals surface area (Å²) in [6, 6.07) is 0. The molecule has 0 unspecified atom stereocenters. The largest absolute Gasteiger partial charge is 0.477 e. The van der Waals surface area contributed by atoms with Crippen molar-refractivity contribution in [1.82, 2.24) is 9.97 Å². The van der Waals surface area contributed by atoms with Gasteiger partial charge in [-0.25, -0.2) is 4.98 Å². The van der Waals surface area contributed by atoms with E-state index < -0.39 is 0 Å². The van der Waals surface area contributed by atoms with E-state index in [2.05, 4.69) is 29.1 Å². The molecule has 1 fully saturated rings. The fourth-order valence-corrected chi connectivity index (χ4v) is 1.79. The summed E-state index contributed by atoms with van der Waals surface area (Å²) in [7, 11) is 0. The second kappa shape index (κ2) is 6.03. The van der Waals surface area contributed by atoms with Crippen LogP contribution in [0.3, 0.4) is 0 Å². The lowest BCUT2D eigenvalue weighted by molar-refractivity contribution is 0.301. The summed E-state index contributed by atoms with van der Waals surface area (Å²) in [6.07, 6.45) is 4.51. The van der Waals surface area contributed by atoms with Gasteiger partial charge in [-0.2, -0.15) is 4.98 Å². The molecule has 1 aromatic rings. The SMILES string of the molecule is CCCNc1nc(C2CC2)nc(OCCC)c1C. The second-order valence-electron chi connectivity index (χ2n) is 4.91. The van der Waals surface area contributed by atoms with Crippen LogP contribution >= 0.6 is 0 Å². The van der Waals surface area contributed by atoms with Crippen molar-refractivity contribution in [1.29, 1.82) is 0 Å². The van der Waals surface area contributed by atoms with E-state index in [1.807, 2.05) is 6.92 Å². The first-order valence-corrected chi connectivity index (χ1v) is 7.01. The molecule has 0 atom stereocenters. The average molecular weight is 249 g/mol. The minimum Gasteiger partial charge on any atom is -0.477 e. The van der Waals surface area contributed by atoms with Gasteiger partial charge in [0.2, 0.25) is 5.88 Å². The van der Waals surface area contributed by atoms with E-state index in [1.54, 1.807) is 0 Å². The van der Waals surface area contributed by atoms with Crippen molar-refractivity contribution in [3.05, 3.63) is 11.4 Å². The maximum Gasteiger partial charge on any atom is 0.221 e. The summed E-state index contributed by atoms with van der Waals surface area (Å²) < 4.78 is 5.73. The van der Waals surface area contributed by atoms with Gasteiger partial charge in [-0.05, 0) is 32.6 Å². The zero-order valence-electron chi connectivity index (χ0n) is 11.6. The number of nitrogens with zero attached hydrogens (tertiary/aromatic N) is 2. The highest BCUT2D eigenvalue weighted by Crippen LogP contribution is 2.39. The topological polar surface area (TPSA) is 47.0 Å². The van der Waals surface area contributed by atoms with Gasteiger partial charge in [-0.1, -0.05) is 13.8 Å². The van der Waals surface area contributed by atoms with Crippen molar-refractivity contribution in [2.75, 3.05) is 18.5 Å². The van der Waals surface area contributed by atoms with Crippen molar-refractivity contribution in [2.45, 2.75) is 52.4 Å². The maximum atomic E-state index is 5.73. The van der Waals surface area contributed by atoms with Gasteiger partial charge in [-0.15, -0.1) is 0 Å². The first-order valence-electron chi connectivity index (χ1n) is 7.01. The molecule has 4 heteroatoms. The molecule has 0 aliphatic heterocycles. The molecule has 1 aliphatic carbocycles. The van der Waals surface area contributed by atoms with E-state index >= 15 is 0 Å². The van der Waals surface area contributed by atoms with Crippen LogP contribution in [0.4, 0.5) is 5.82 Å². The highest BCUT2D eigenvalue weighted by Gasteiger charge is 2.28. The van der Waals surface area contributed by atoms with Crippen LogP contribution in [0.2, 0.25) is 0 Å². The first-order chi connectivity index (χ1) is 8.76. The Morgan fingerprint density at radius 1 is 1.22 bits per heavy atom. The zero-order valence-corrected chi connectivity index (χ0v) is 11.6. The standard InChI is InChI=1S/C14H23N3O/c1-4-8-15-12-10(3)14(18-9-5-2)17-13(16-12)11-6-7-11/h11H,4-9H2,1-3H3,(H,15,16,17). The highest BCUT2D eigenvalue weighted by atomic mass is 16.5. The Morgan fingerprint density at radius 3 is 2.61 bits per heavy atom. The van der Waals surface area contributed by atoms with Gasteiger partial charge in [0.25, 0.3) is 0 Å². The molecule has 0 bridgehead atoms. The third kappa shape index (κ3) is 3.12. The van der Waals surface area contributed by atoms with Gasteiger partial charge in [0.05, 0.1) is 12.2 Å². The Balaban J connectivity index is 2.22. The smallest absolute Gasteiger partial charge is 0.221 e. The number of ether oxygens (including phenoxy) is 1. The van der Waals surface area contributed by atoms with Gasteiger partial charge >= 0.3 is 0 Å². The molecule has 1 N–H and O–H groups in total. The molecule has 18 heavy (non-hydrogen) atoms. The van der Waals surface area contributed by atoms with E-state index in [1.165, 1.54) is 12.8 Å². The monoisotopic (exact) mass is 249 g/mol. The summed E-state index contributed by atoms with van der Waals surface area (Å²) in [5, 5.41) is 3.37. The maximum absolute atomic E-state index is 5.73. The minimum atomic E-state index is 0.553. The van der Waals surface area contributed by atoms with Crippen LogP contribution in [0.1, 0.15) is 56.8 Å². The van der Waals surface area contributed by atoms with Crippen molar-refractivity contribution in [2.24, 2.45) is 0 Å². The van der Waals surface area contributed by atoms with E-state index in [-0.39, 0.29) is 0 Å². The Kier molecular flexibility index (Phi) is 4.39. The van der Waals surface area contributed by atoms with Crippen LogP contribution in [-0.2, 0) is 0 Å². The molecule has 0 radical (unpaired) electrons. The van der Waals surface area contributed by atoms with Crippen molar-refractivity contribution < 1.29 is 4.74 Å². The van der Waals surface area contributed by atoms with E-state index in [0.29, 0.717) is 5.92 Å². The number of anilines is 1. The second-order valence-corrected chi connectivity index (χ2v) is 4.91. The first kappa shape index (κ1) is 13.1. The molecular weight excluding hydrogens is 226 g/mol. The van der Waals surface area contributed by atoms with Crippen LogP contribution < -0.4 is 10.1 Å². The molecular formula is C14H23N3O. The Bertz CT molecular complexity index is 373. The lowest BCUT2D eigenvalue weighted by atomic mass is 10.3. The van der Waals surface area contributed by atoms with Gasteiger partial charge in [0.1, 0.15) is 11.6 Å². The molecule has 1 saturated carbocycles. The molecule has 0 spiro atoms. The Labute approximate surface area is 109 Å². The fraction of sp³-hybridized carbons (Fsp3) is 0.714. The molecule has 2 rings (SSSR count). The summed E-state index contributed by atoms with van der Waals surface area (Å²) >= 11 is 0. The number of nitrogens with one attached hydrogen (secondary N) is 1. The van der Waals surface area contributed by atoms with Gasteiger partial charge in [0.15, 0.2) is 0 Å². The zero-order chi connectivity index (χ0) is 13.0. The van der Waals surface area contributed by atoms with Crippen LogP contribution in [0.25, 0.3) is 0 Å². The molecule has 0 aromatic carbocycles. The average Bonchev–Trinajstić information content (AvgIpc) is 3.20. The Hall–Kier alpha value is -1.32. The molecule has 100 valence electrons. The van der Waals surface area contributed by atoms with Crippen molar-refractivity contribution >= 4 is 5.82 Å². The third-order valence-electron chi connectivity index (χ3n) is 3.05. The molecule has 4 nitrogen and oxygen atoms in total. The predicted molar refractivity (Wildman–Crippen MR) is 73.3 cm³/mol. The molecule has 0 saturated heterocycles. The van der Waals surface area contributed by atoms with Crippen LogP contribution in [0, 0.1) is 6.92 Å². The van der Waals surface area contributed by atoms with Crippen LogP contribution in [-0.4, -0.2) is 23.1 Å². The van der Waals surface area contributed by atoms with Gasteiger partial charge < -0.3 is 10.1 Å². The minimum absolute atomic E-state index is 0.553. The summed E-state index contributed by atoms with van der Waals surface area (Å²) in [5.41, 5.74) is 1.03. The van der Waals surface area contributed by atoms with Gasteiger partial charge in [-0.3, -0.25) is 0 Å². The predicted octanol–water partition coefficient (Wildman–Crippen LogP) is 3.27. The summed E-state index contributed by atoms with van der Waals surface area (Å²) in [6.45, 7) is 7.94. The number of hydrogen-bond donors (Lipinski definition) is 1. The van der Waals surface area contributed by atoms with Crippen LogP contribution in [0.5, 0.6) is 5.88 Å².